The second-order valence-corrected chi connectivity index (χ2v) is 5.32. The summed E-state index contributed by atoms with van der Waals surface area (Å²) < 4.78 is 34.2. The molecule has 0 aromatic heterocycles. The summed E-state index contributed by atoms with van der Waals surface area (Å²) >= 11 is 3.09. The number of halogens is 2. The van der Waals surface area contributed by atoms with Crippen molar-refractivity contribution < 1.29 is 37.7 Å². The number of hydrogen-bond donors (Lipinski definition) is 0. The first-order chi connectivity index (χ1) is 9.72. The van der Waals surface area contributed by atoms with E-state index in [2.05, 4.69) is 15.9 Å². The number of carbonyl (C=O) groups excluding carboxylic acids is 3. The molecule has 0 aliphatic carbocycles. The van der Waals surface area contributed by atoms with Gasteiger partial charge in [-0.15, -0.1) is 0 Å². The molecule has 0 spiro atoms. The van der Waals surface area contributed by atoms with E-state index in [1.54, 1.807) is 0 Å². The Kier molecular flexibility index (Phi) is 6.53. The molecule has 1 saturated heterocycles. The molecule has 0 radical (unpaired) electrons. The minimum absolute atomic E-state index is 0.344. The first-order valence-corrected chi connectivity index (χ1v) is 7.05. The van der Waals surface area contributed by atoms with Crippen LogP contribution in [-0.2, 0) is 33.3 Å². The van der Waals surface area contributed by atoms with Crippen LogP contribution in [0.2, 0.25) is 0 Å². The molecule has 1 fully saturated rings. The topological polar surface area (TPSA) is 88.1 Å². The van der Waals surface area contributed by atoms with Gasteiger partial charge in [-0.3, -0.25) is 14.4 Å². The number of rotatable bonds is 4. The predicted octanol–water partition coefficient (Wildman–Crippen LogP) is 0.871. The summed E-state index contributed by atoms with van der Waals surface area (Å²) in [5.41, 5.74) is 0. The van der Waals surface area contributed by atoms with E-state index in [4.69, 9.17) is 18.9 Å². The van der Waals surface area contributed by atoms with Crippen molar-refractivity contribution in [2.75, 3.05) is 6.61 Å². The highest BCUT2D eigenvalue weighted by molar-refractivity contribution is 9.09. The van der Waals surface area contributed by atoms with E-state index < -0.39 is 47.4 Å². The third-order valence-electron chi connectivity index (χ3n) is 2.61. The van der Waals surface area contributed by atoms with E-state index >= 15 is 0 Å². The minimum Gasteiger partial charge on any atom is -0.463 e. The Bertz CT molecular complexity index is 416. The average Bonchev–Trinajstić information content (AvgIpc) is 2.35. The van der Waals surface area contributed by atoms with Crippen molar-refractivity contribution in [2.24, 2.45) is 0 Å². The maximum absolute atomic E-state index is 14.4. The van der Waals surface area contributed by atoms with Gasteiger partial charge in [0.25, 0.3) is 0 Å². The normalized spacial score (nSPS) is 32.1. The molecule has 1 rings (SSSR count). The molecule has 0 amide bonds. The Morgan fingerprint density at radius 2 is 1.57 bits per heavy atom. The molecule has 1 aliphatic heterocycles. The molecule has 0 N–H and O–H groups in total. The predicted molar refractivity (Wildman–Crippen MR) is 70.2 cm³/mol. The van der Waals surface area contributed by atoms with Gasteiger partial charge < -0.3 is 18.9 Å². The van der Waals surface area contributed by atoms with Gasteiger partial charge in [-0.05, 0) is 0 Å². The maximum Gasteiger partial charge on any atom is 0.303 e. The number of ether oxygens (including phenoxy) is 4. The fraction of sp³-hybridized carbons (Fsp3) is 0.750. The number of esters is 3. The van der Waals surface area contributed by atoms with Crippen molar-refractivity contribution in [1.82, 2.24) is 0 Å². The van der Waals surface area contributed by atoms with Gasteiger partial charge >= 0.3 is 17.9 Å². The zero-order chi connectivity index (χ0) is 16.2. The zero-order valence-corrected chi connectivity index (χ0v) is 13.3. The highest BCUT2D eigenvalue weighted by atomic mass is 79.9. The van der Waals surface area contributed by atoms with Crippen LogP contribution in [0.15, 0.2) is 0 Å². The smallest absolute Gasteiger partial charge is 0.303 e. The third-order valence-corrected chi connectivity index (χ3v) is 3.35. The summed E-state index contributed by atoms with van der Waals surface area (Å²) in [6, 6.07) is 0. The second kappa shape index (κ2) is 7.69. The number of carbonyl (C=O) groups is 3. The van der Waals surface area contributed by atoms with Gasteiger partial charge in [0, 0.05) is 20.8 Å². The van der Waals surface area contributed by atoms with Gasteiger partial charge in [-0.1, -0.05) is 15.9 Å². The largest absolute Gasteiger partial charge is 0.463 e. The molecule has 1 heterocycles. The lowest BCUT2D eigenvalue weighted by Gasteiger charge is -2.40. The summed E-state index contributed by atoms with van der Waals surface area (Å²) in [4.78, 5) is 32.9. The van der Waals surface area contributed by atoms with Gasteiger partial charge in [0.05, 0.1) is 0 Å². The molecule has 1 aliphatic rings. The molecule has 2 unspecified atom stereocenters. The standard InChI is InChI=1S/C12H16BrFO7/c1-5(15)18-4-8-9(14)10(19-6(2)16)11(12(13)21-8)20-7(3)17/h8-12H,4H2,1-3H3/t8?,9-,10?,11+,12-/m0/s1. The molecule has 0 saturated carbocycles. The fourth-order valence-corrected chi connectivity index (χ4v) is 2.51. The van der Waals surface area contributed by atoms with Crippen LogP contribution < -0.4 is 0 Å². The van der Waals surface area contributed by atoms with Crippen LogP contribution >= 0.6 is 15.9 Å². The van der Waals surface area contributed by atoms with Crippen LogP contribution in [0.1, 0.15) is 20.8 Å². The van der Waals surface area contributed by atoms with Crippen molar-refractivity contribution in [2.45, 2.75) is 50.3 Å². The molecule has 21 heavy (non-hydrogen) atoms. The van der Waals surface area contributed by atoms with E-state index in [-0.39, 0.29) is 6.61 Å². The quantitative estimate of drug-likeness (QED) is 0.412. The lowest BCUT2D eigenvalue weighted by molar-refractivity contribution is -0.216. The summed E-state index contributed by atoms with van der Waals surface area (Å²) in [5, 5.41) is -0.904. The van der Waals surface area contributed by atoms with Gasteiger partial charge in [-0.25, -0.2) is 4.39 Å². The van der Waals surface area contributed by atoms with Gasteiger partial charge in [0.15, 0.2) is 23.4 Å². The van der Waals surface area contributed by atoms with Crippen molar-refractivity contribution in [3.05, 3.63) is 0 Å². The summed E-state index contributed by atoms with van der Waals surface area (Å²) in [6.07, 6.45) is -5.46. The summed E-state index contributed by atoms with van der Waals surface area (Å²) in [7, 11) is 0. The molecule has 7 nitrogen and oxygen atoms in total. The second-order valence-electron chi connectivity index (χ2n) is 4.42. The van der Waals surface area contributed by atoms with Crippen LogP contribution in [0.4, 0.5) is 4.39 Å². The van der Waals surface area contributed by atoms with E-state index in [9.17, 15) is 18.8 Å². The van der Waals surface area contributed by atoms with Crippen LogP contribution in [0, 0.1) is 0 Å². The molecule has 120 valence electrons. The van der Waals surface area contributed by atoms with Crippen molar-refractivity contribution >= 4 is 33.8 Å². The molecular weight excluding hydrogens is 355 g/mol. The average molecular weight is 371 g/mol. The molecule has 0 aromatic rings. The van der Waals surface area contributed by atoms with Crippen molar-refractivity contribution in [1.29, 1.82) is 0 Å². The molecule has 0 bridgehead atoms. The molecule has 9 heteroatoms. The van der Waals surface area contributed by atoms with E-state index in [0.717, 1.165) is 13.8 Å². The Labute approximate surface area is 129 Å². The van der Waals surface area contributed by atoms with Crippen LogP contribution in [-0.4, -0.2) is 54.0 Å². The maximum atomic E-state index is 14.4. The highest BCUT2D eigenvalue weighted by Crippen LogP contribution is 2.31. The first kappa shape index (κ1) is 17.8. The monoisotopic (exact) mass is 370 g/mol. The SMILES string of the molecule is CC(=O)OCC1O[C@H](Br)[C@H](OC(C)=O)C(OC(C)=O)[C@H]1F. The van der Waals surface area contributed by atoms with E-state index in [0.29, 0.717) is 0 Å². The Hall–Kier alpha value is -1.22. The molecule has 0 aromatic carbocycles. The van der Waals surface area contributed by atoms with Gasteiger partial charge in [0.2, 0.25) is 0 Å². The van der Waals surface area contributed by atoms with Crippen LogP contribution in [0.3, 0.4) is 0 Å². The zero-order valence-electron chi connectivity index (χ0n) is 11.7. The fourth-order valence-electron chi connectivity index (χ4n) is 1.83. The summed E-state index contributed by atoms with van der Waals surface area (Å²) in [5.74, 6) is -1.99. The van der Waals surface area contributed by atoms with E-state index in [1.165, 1.54) is 6.92 Å². The van der Waals surface area contributed by atoms with Gasteiger partial charge in [0.1, 0.15) is 12.7 Å². The van der Waals surface area contributed by atoms with Crippen molar-refractivity contribution in [3.63, 3.8) is 0 Å². The number of alkyl halides is 2. The Balaban J connectivity index is 2.87. The van der Waals surface area contributed by atoms with Crippen LogP contribution in [0.25, 0.3) is 0 Å². The molecule has 5 atom stereocenters. The minimum atomic E-state index is -1.81. The molecular formula is C12H16BrFO7. The third kappa shape index (κ3) is 5.24. The van der Waals surface area contributed by atoms with Gasteiger partial charge in [-0.2, -0.15) is 0 Å². The lowest BCUT2D eigenvalue weighted by Crippen LogP contribution is -2.58. The summed E-state index contributed by atoms with van der Waals surface area (Å²) in [6.45, 7) is 3.08. The Morgan fingerprint density at radius 3 is 2.05 bits per heavy atom. The lowest BCUT2D eigenvalue weighted by atomic mass is 10.0. The van der Waals surface area contributed by atoms with Crippen molar-refractivity contribution in [3.8, 4) is 0 Å². The highest BCUT2D eigenvalue weighted by Gasteiger charge is 2.49. The van der Waals surface area contributed by atoms with E-state index in [1.807, 2.05) is 0 Å². The Morgan fingerprint density at radius 1 is 1.05 bits per heavy atom. The first-order valence-electron chi connectivity index (χ1n) is 6.13. The number of hydrogen-bond acceptors (Lipinski definition) is 7. The van der Waals surface area contributed by atoms with Crippen LogP contribution in [0.5, 0.6) is 0 Å².